The summed E-state index contributed by atoms with van der Waals surface area (Å²) in [5.74, 6) is 2.78. The highest BCUT2D eigenvalue weighted by molar-refractivity contribution is 7.99. The van der Waals surface area contributed by atoms with Gasteiger partial charge < -0.3 is 14.4 Å². The second kappa shape index (κ2) is 10.6. The van der Waals surface area contributed by atoms with Crippen LogP contribution < -0.4 is 9.47 Å². The third-order valence-corrected chi connectivity index (χ3v) is 5.26. The number of amides is 1. The number of ether oxygens (including phenoxy) is 2. The predicted molar refractivity (Wildman–Crippen MR) is 109 cm³/mol. The van der Waals surface area contributed by atoms with E-state index in [1.54, 1.807) is 43.0 Å². The molecule has 0 unspecified atom stereocenters. The summed E-state index contributed by atoms with van der Waals surface area (Å²) in [6, 6.07) is 12.8. The lowest BCUT2D eigenvalue weighted by Gasteiger charge is -2.17. The first-order valence-corrected chi connectivity index (χ1v) is 9.93. The first kappa shape index (κ1) is 20.7. The van der Waals surface area contributed by atoms with Crippen LogP contribution in [0.2, 0.25) is 10.0 Å². The molecule has 0 aromatic heterocycles. The minimum absolute atomic E-state index is 0.0607. The molecule has 7 heteroatoms. The highest BCUT2D eigenvalue weighted by Crippen LogP contribution is 2.23. The van der Waals surface area contributed by atoms with Crippen molar-refractivity contribution in [2.75, 3.05) is 32.3 Å². The van der Waals surface area contributed by atoms with Gasteiger partial charge in [0.2, 0.25) is 5.91 Å². The maximum absolute atomic E-state index is 12.2. The van der Waals surface area contributed by atoms with Gasteiger partial charge in [0, 0.05) is 19.3 Å². The van der Waals surface area contributed by atoms with Gasteiger partial charge >= 0.3 is 0 Å². The normalized spacial score (nSPS) is 10.5. The molecule has 140 valence electrons. The Morgan fingerprint density at radius 1 is 1.08 bits per heavy atom. The highest BCUT2D eigenvalue weighted by atomic mass is 35.5. The number of carbonyl (C=O) groups is 1. The van der Waals surface area contributed by atoms with Gasteiger partial charge in [-0.15, -0.1) is 11.8 Å². The zero-order valence-electron chi connectivity index (χ0n) is 14.7. The number of rotatable bonds is 9. The van der Waals surface area contributed by atoms with Crippen molar-refractivity contribution in [1.29, 1.82) is 0 Å². The van der Waals surface area contributed by atoms with Crippen molar-refractivity contribution >= 4 is 40.9 Å². The second-order valence-corrected chi connectivity index (χ2v) is 7.49. The van der Waals surface area contributed by atoms with Crippen LogP contribution in [0.4, 0.5) is 0 Å². The Hall–Kier alpha value is -1.56. The summed E-state index contributed by atoms with van der Waals surface area (Å²) in [7, 11) is 3.40. The Morgan fingerprint density at radius 3 is 2.42 bits per heavy atom. The van der Waals surface area contributed by atoms with Gasteiger partial charge in [-0.2, -0.15) is 0 Å². The molecule has 0 heterocycles. The molecule has 2 aromatic carbocycles. The summed E-state index contributed by atoms with van der Waals surface area (Å²) >= 11 is 13.5. The molecular formula is C19H21Cl2NO3S. The number of halogens is 2. The number of methoxy groups -OCH3 is 1. The number of benzene rings is 2. The van der Waals surface area contributed by atoms with E-state index >= 15 is 0 Å². The van der Waals surface area contributed by atoms with Crippen LogP contribution in [0.1, 0.15) is 5.56 Å². The molecule has 0 fully saturated rings. The fourth-order valence-corrected chi connectivity index (χ4v) is 3.22. The second-order valence-electron chi connectivity index (χ2n) is 5.57. The lowest BCUT2D eigenvalue weighted by Crippen LogP contribution is -2.28. The van der Waals surface area contributed by atoms with Crippen molar-refractivity contribution in [2.45, 2.75) is 6.54 Å². The zero-order chi connectivity index (χ0) is 18.9. The molecule has 2 aromatic rings. The summed E-state index contributed by atoms with van der Waals surface area (Å²) < 4.78 is 10.7. The molecule has 0 atom stereocenters. The molecule has 0 bridgehead atoms. The van der Waals surface area contributed by atoms with Crippen LogP contribution in [0.5, 0.6) is 11.5 Å². The first-order valence-electron chi connectivity index (χ1n) is 8.02. The van der Waals surface area contributed by atoms with Gasteiger partial charge in [-0.05, 0) is 42.0 Å². The van der Waals surface area contributed by atoms with E-state index in [1.807, 2.05) is 30.3 Å². The lowest BCUT2D eigenvalue weighted by molar-refractivity contribution is -0.127. The average molecular weight is 414 g/mol. The van der Waals surface area contributed by atoms with Crippen molar-refractivity contribution in [1.82, 2.24) is 4.90 Å². The fraction of sp³-hybridized carbons (Fsp3) is 0.316. The van der Waals surface area contributed by atoms with Crippen LogP contribution in [0.15, 0.2) is 42.5 Å². The van der Waals surface area contributed by atoms with Crippen molar-refractivity contribution in [3.05, 3.63) is 58.1 Å². The van der Waals surface area contributed by atoms with Gasteiger partial charge in [-0.1, -0.05) is 29.3 Å². The maximum Gasteiger partial charge on any atom is 0.232 e. The highest BCUT2D eigenvalue weighted by Gasteiger charge is 2.10. The molecule has 0 aliphatic heterocycles. The summed E-state index contributed by atoms with van der Waals surface area (Å²) in [5.41, 5.74) is 0.947. The molecule has 0 saturated carbocycles. The monoisotopic (exact) mass is 413 g/mol. The molecule has 0 radical (unpaired) electrons. The number of hydrogen-bond donors (Lipinski definition) is 0. The molecular weight excluding hydrogens is 393 g/mol. The van der Waals surface area contributed by atoms with Gasteiger partial charge in [0.25, 0.3) is 0 Å². The summed E-state index contributed by atoms with van der Waals surface area (Å²) in [6.07, 6.45) is 0. The molecule has 2 rings (SSSR count). The Balaban J connectivity index is 1.66. The number of hydrogen-bond acceptors (Lipinski definition) is 4. The first-order chi connectivity index (χ1) is 12.5. The molecule has 4 nitrogen and oxygen atoms in total. The van der Waals surface area contributed by atoms with Gasteiger partial charge in [0.1, 0.15) is 11.5 Å². The van der Waals surface area contributed by atoms with Gasteiger partial charge in [0.05, 0.1) is 29.5 Å². The lowest BCUT2D eigenvalue weighted by atomic mass is 10.2. The summed E-state index contributed by atoms with van der Waals surface area (Å²) in [6.45, 7) is 1.04. The van der Waals surface area contributed by atoms with Crippen molar-refractivity contribution < 1.29 is 14.3 Å². The summed E-state index contributed by atoms with van der Waals surface area (Å²) in [5, 5.41) is 1.01. The van der Waals surface area contributed by atoms with Gasteiger partial charge in [-0.3, -0.25) is 4.79 Å². The van der Waals surface area contributed by atoms with Crippen LogP contribution in [0, 0.1) is 0 Å². The minimum Gasteiger partial charge on any atom is -0.497 e. The molecule has 0 spiro atoms. The predicted octanol–water partition coefficient (Wildman–Crippen LogP) is 4.77. The third-order valence-electron chi connectivity index (χ3n) is 3.61. The smallest absolute Gasteiger partial charge is 0.232 e. The Labute approximate surface area is 168 Å². The third kappa shape index (κ3) is 6.63. The van der Waals surface area contributed by atoms with E-state index in [9.17, 15) is 4.79 Å². The van der Waals surface area contributed by atoms with E-state index in [2.05, 4.69) is 0 Å². The fourth-order valence-electron chi connectivity index (χ4n) is 2.16. The standard InChI is InChI=1S/C19H21Cl2NO3S/c1-22(12-14-3-8-17(20)18(21)11-14)19(23)13-26-10-9-25-16-6-4-15(24-2)5-7-16/h3-8,11H,9-10,12-13H2,1-2H3. The average Bonchev–Trinajstić information content (AvgIpc) is 2.64. The molecule has 0 saturated heterocycles. The number of thioether (sulfide) groups is 1. The Kier molecular flexibility index (Phi) is 8.42. The van der Waals surface area contributed by atoms with E-state index in [-0.39, 0.29) is 5.91 Å². The molecule has 1 amide bonds. The van der Waals surface area contributed by atoms with Crippen LogP contribution >= 0.6 is 35.0 Å². The number of nitrogens with zero attached hydrogens (tertiary/aromatic N) is 1. The van der Waals surface area contributed by atoms with E-state index in [4.69, 9.17) is 32.7 Å². The van der Waals surface area contributed by atoms with E-state index in [1.165, 1.54) is 0 Å². The van der Waals surface area contributed by atoms with Crippen LogP contribution in [-0.4, -0.2) is 43.1 Å². The van der Waals surface area contributed by atoms with E-state index in [0.717, 1.165) is 22.8 Å². The Morgan fingerprint density at radius 2 is 1.77 bits per heavy atom. The van der Waals surface area contributed by atoms with Crippen molar-refractivity contribution in [3.63, 3.8) is 0 Å². The summed E-state index contributed by atoms with van der Waals surface area (Å²) in [4.78, 5) is 13.9. The molecule has 26 heavy (non-hydrogen) atoms. The van der Waals surface area contributed by atoms with E-state index < -0.39 is 0 Å². The van der Waals surface area contributed by atoms with Gasteiger partial charge in [-0.25, -0.2) is 0 Å². The molecule has 0 aliphatic rings. The zero-order valence-corrected chi connectivity index (χ0v) is 17.0. The van der Waals surface area contributed by atoms with Crippen molar-refractivity contribution in [3.8, 4) is 11.5 Å². The quantitative estimate of drug-likeness (QED) is 0.554. The van der Waals surface area contributed by atoms with Crippen molar-refractivity contribution in [2.24, 2.45) is 0 Å². The SMILES string of the molecule is COc1ccc(OCCSCC(=O)N(C)Cc2ccc(Cl)c(Cl)c2)cc1. The van der Waals surface area contributed by atoms with Crippen LogP contribution in [0.3, 0.4) is 0 Å². The van der Waals surface area contributed by atoms with E-state index in [0.29, 0.717) is 28.9 Å². The Bertz CT molecular complexity index is 725. The molecule has 0 aliphatic carbocycles. The van der Waals surface area contributed by atoms with Crippen LogP contribution in [0.25, 0.3) is 0 Å². The topological polar surface area (TPSA) is 38.8 Å². The minimum atomic E-state index is 0.0607. The van der Waals surface area contributed by atoms with Crippen LogP contribution in [-0.2, 0) is 11.3 Å². The largest absolute Gasteiger partial charge is 0.497 e. The van der Waals surface area contributed by atoms with Gasteiger partial charge in [0.15, 0.2) is 0 Å². The number of carbonyl (C=O) groups excluding carboxylic acids is 1. The maximum atomic E-state index is 12.2. The molecule has 0 N–H and O–H groups in total.